The van der Waals surface area contributed by atoms with E-state index in [0.717, 1.165) is 10.6 Å². The molecule has 0 saturated heterocycles. The molecule has 1 aromatic rings. The Hall–Kier alpha value is -1.49. The lowest BCUT2D eigenvalue weighted by atomic mass is 10.1. The molecule has 0 aromatic heterocycles. The summed E-state index contributed by atoms with van der Waals surface area (Å²) >= 11 is 1.49. The number of nitrogens with zero attached hydrogens (tertiary/aromatic N) is 1. The second-order valence-corrected chi connectivity index (χ2v) is 7.12. The Morgan fingerprint density at radius 3 is 2.86 bits per heavy atom. The maximum absolute atomic E-state index is 12.4. The molecule has 1 fully saturated rings. The summed E-state index contributed by atoms with van der Waals surface area (Å²) in [6, 6.07) is 7.99. The number of para-hydroxylation sites is 1. The number of rotatable bonds is 4. The molecule has 2 atom stereocenters. The quantitative estimate of drug-likeness (QED) is 0.930. The van der Waals surface area contributed by atoms with Crippen molar-refractivity contribution in [1.82, 2.24) is 4.90 Å². The van der Waals surface area contributed by atoms with Crippen molar-refractivity contribution >= 4 is 29.3 Å². The van der Waals surface area contributed by atoms with Crippen molar-refractivity contribution in [3.63, 3.8) is 0 Å². The summed E-state index contributed by atoms with van der Waals surface area (Å²) in [6.45, 7) is 2.10. The van der Waals surface area contributed by atoms with Gasteiger partial charge in [0.1, 0.15) is 0 Å². The first-order chi connectivity index (χ1) is 10.1. The highest BCUT2D eigenvalue weighted by Crippen LogP contribution is 2.38. The first kappa shape index (κ1) is 14.4. The Kier molecular flexibility index (Phi) is 3.93. The van der Waals surface area contributed by atoms with Gasteiger partial charge in [0, 0.05) is 24.4 Å². The van der Waals surface area contributed by atoms with Gasteiger partial charge < -0.3 is 10.2 Å². The molecule has 1 heterocycles. The predicted octanol–water partition coefficient (Wildman–Crippen LogP) is 2.75. The van der Waals surface area contributed by atoms with Gasteiger partial charge in [0.15, 0.2) is 0 Å². The number of hydrogen-bond donors (Lipinski definition) is 1. The average molecular weight is 304 g/mol. The minimum atomic E-state index is -0.332. The summed E-state index contributed by atoms with van der Waals surface area (Å²) in [4.78, 5) is 27.4. The highest BCUT2D eigenvalue weighted by Gasteiger charge is 2.35. The van der Waals surface area contributed by atoms with E-state index in [9.17, 15) is 9.59 Å². The smallest absolute Gasteiger partial charge is 0.238 e. The van der Waals surface area contributed by atoms with Crippen LogP contribution in [0, 0.1) is 5.92 Å². The van der Waals surface area contributed by atoms with Crippen LogP contribution < -0.4 is 5.32 Å². The van der Waals surface area contributed by atoms with Gasteiger partial charge in [-0.3, -0.25) is 9.59 Å². The van der Waals surface area contributed by atoms with Crippen molar-refractivity contribution < 1.29 is 9.59 Å². The predicted molar refractivity (Wildman–Crippen MR) is 84.3 cm³/mol. The zero-order valence-corrected chi connectivity index (χ0v) is 13.2. The number of benzene rings is 1. The summed E-state index contributed by atoms with van der Waals surface area (Å²) in [7, 11) is 1.85. The molecule has 2 amide bonds. The van der Waals surface area contributed by atoms with Crippen molar-refractivity contribution in [3.05, 3.63) is 24.3 Å². The maximum atomic E-state index is 12.4. The highest BCUT2D eigenvalue weighted by atomic mass is 32.2. The average Bonchev–Trinajstić information content (AvgIpc) is 3.31. The first-order valence-electron chi connectivity index (χ1n) is 7.38. The van der Waals surface area contributed by atoms with Crippen LogP contribution in [0.15, 0.2) is 29.2 Å². The third kappa shape index (κ3) is 3.07. The van der Waals surface area contributed by atoms with Gasteiger partial charge in [-0.15, -0.1) is 11.8 Å². The molecule has 1 N–H and O–H groups in total. The molecule has 21 heavy (non-hydrogen) atoms. The topological polar surface area (TPSA) is 49.4 Å². The molecular weight excluding hydrogens is 284 g/mol. The maximum Gasteiger partial charge on any atom is 0.238 e. The number of thioether (sulfide) groups is 1. The van der Waals surface area contributed by atoms with E-state index in [4.69, 9.17) is 0 Å². The lowest BCUT2D eigenvalue weighted by Gasteiger charge is -2.28. The first-order valence-corrected chi connectivity index (χ1v) is 8.26. The van der Waals surface area contributed by atoms with Crippen molar-refractivity contribution in [2.24, 2.45) is 5.92 Å². The van der Waals surface area contributed by atoms with Gasteiger partial charge >= 0.3 is 0 Å². The largest absolute Gasteiger partial charge is 0.343 e. The third-order valence-electron chi connectivity index (χ3n) is 4.38. The normalized spacial score (nSPS) is 22.2. The van der Waals surface area contributed by atoms with Crippen LogP contribution in [0.1, 0.15) is 26.2 Å². The zero-order valence-electron chi connectivity index (χ0n) is 12.3. The van der Waals surface area contributed by atoms with Crippen LogP contribution in [0.5, 0.6) is 0 Å². The molecule has 112 valence electrons. The van der Waals surface area contributed by atoms with Crippen LogP contribution in [-0.2, 0) is 9.59 Å². The fraction of sp³-hybridized carbons (Fsp3) is 0.500. The van der Waals surface area contributed by atoms with E-state index in [0.29, 0.717) is 5.92 Å². The van der Waals surface area contributed by atoms with Gasteiger partial charge in [-0.25, -0.2) is 0 Å². The standard InChI is InChI=1S/C16H20N2O2S/c1-10(11-7-8-11)18(2)15(19)9-14-16(20)17-12-5-3-4-6-13(12)21-14/h3-6,10-11,14H,7-9H2,1-2H3,(H,17,20). The molecule has 0 radical (unpaired) electrons. The summed E-state index contributed by atoms with van der Waals surface area (Å²) in [5.74, 6) is 0.633. The van der Waals surface area contributed by atoms with Gasteiger partial charge in [0.05, 0.1) is 10.9 Å². The molecular formula is C16H20N2O2S. The highest BCUT2D eigenvalue weighted by molar-refractivity contribution is 8.01. The van der Waals surface area contributed by atoms with E-state index in [1.54, 1.807) is 0 Å². The lowest BCUT2D eigenvalue weighted by Crippen LogP contribution is -2.40. The molecule has 0 spiro atoms. The van der Waals surface area contributed by atoms with E-state index in [1.165, 1.54) is 24.6 Å². The summed E-state index contributed by atoms with van der Waals surface area (Å²) in [5.41, 5.74) is 0.843. The number of carbonyl (C=O) groups is 2. The minimum absolute atomic E-state index is 0.0569. The number of hydrogen-bond acceptors (Lipinski definition) is 3. The third-order valence-corrected chi connectivity index (χ3v) is 5.65. The van der Waals surface area contributed by atoms with Crippen molar-refractivity contribution in [2.45, 2.75) is 42.4 Å². The van der Waals surface area contributed by atoms with Gasteiger partial charge in [-0.2, -0.15) is 0 Å². The van der Waals surface area contributed by atoms with Crippen LogP contribution in [0.2, 0.25) is 0 Å². The van der Waals surface area contributed by atoms with E-state index in [2.05, 4.69) is 12.2 Å². The van der Waals surface area contributed by atoms with E-state index >= 15 is 0 Å². The molecule has 1 aliphatic carbocycles. The van der Waals surface area contributed by atoms with Crippen LogP contribution in [0.3, 0.4) is 0 Å². The molecule has 2 aliphatic rings. The summed E-state index contributed by atoms with van der Waals surface area (Å²) in [5, 5.41) is 2.56. The molecule has 2 unspecified atom stereocenters. The molecule has 4 nitrogen and oxygen atoms in total. The van der Waals surface area contributed by atoms with Gasteiger partial charge in [0.25, 0.3) is 0 Å². The zero-order chi connectivity index (χ0) is 15.0. The Balaban J connectivity index is 1.65. The van der Waals surface area contributed by atoms with Crippen LogP contribution in [0.25, 0.3) is 0 Å². The fourth-order valence-electron chi connectivity index (χ4n) is 2.65. The van der Waals surface area contributed by atoms with Gasteiger partial charge in [-0.05, 0) is 37.8 Å². The Morgan fingerprint density at radius 1 is 1.43 bits per heavy atom. The van der Waals surface area contributed by atoms with Gasteiger partial charge in [0.2, 0.25) is 11.8 Å². The van der Waals surface area contributed by atoms with Crippen LogP contribution >= 0.6 is 11.8 Å². The monoisotopic (exact) mass is 304 g/mol. The molecule has 1 aromatic carbocycles. The molecule has 0 bridgehead atoms. The van der Waals surface area contributed by atoms with Gasteiger partial charge in [-0.1, -0.05) is 12.1 Å². The summed E-state index contributed by atoms with van der Waals surface area (Å²) in [6.07, 6.45) is 2.69. The minimum Gasteiger partial charge on any atom is -0.343 e. The Labute approximate surface area is 129 Å². The van der Waals surface area contributed by atoms with Crippen molar-refractivity contribution in [1.29, 1.82) is 0 Å². The second kappa shape index (κ2) is 5.72. The Morgan fingerprint density at radius 2 is 2.14 bits per heavy atom. The lowest BCUT2D eigenvalue weighted by molar-refractivity contribution is -0.133. The number of fused-ring (bicyclic) bond motifs is 1. The SMILES string of the molecule is CC(C1CC1)N(C)C(=O)CC1Sc2ccccc2NC1=O. The van der Waals surface area contributed by atoms with Crippen molar-refractivity contribution in [2.75, 3.05) is 12.4 Å². The molecule has 1 saturated carbocycles. The van der Waals surface area contributed by atoms with E-state index < -0.39 is 0 Å². The molecule has 3 rings (SSSR count). The van der Waals surface area contributed by atoms with Crippen molar-refractivity contribution in [3.8, 4) is 0 Å². The molecule has 5 heteroatoms. The van der Waals surface area contributed by atoms with E-state index in [-0.39, 0.29) is 29.5 Å². The molecule has 1 aliphatic heterocycles. The van der Waals surface area contributed by atoms with Crippen LogP contribution in [0.4, 0.5) is 5.69 Å². The van der Waals surface area contributed by atoms with E-state index in [1.807, 2.05) is 36.2 Å². The number of amides is 2. The number of anilines is 1. The Bertz CT molecular complexity index is 571. The fourth-order valence-corrected chi connectivity index (χ4v) is 3.75. The number of nitrogens with one attached hydrogen (secondary N) is 1. The summed E-state index contributed by atoms with van der Waals surface area (Å²) < 4.78 is 0. The number of carbonyl (C=O) groups excluding carboxylic acids is 2. The second-order valence-electron chi connectivity index (χ2n) is 5.88. The van der Waals surface area contributed by atoms with Crippen LogP contribution in [-0.4, -0.2) is 35.1 Å².